The van der Waals surface area contributed by atoms with Gasteiger partial charge in [-0.2, -0.15) is 0 Å². The number of nitrogens with zero attached hydrogens (tertiary/aromatic N) is 2. The first-order chi connectivity index (χ1) is 14.0. The van der Waals surface area contributed by atoms with Gasteiger partial charge in [0.25, 0.3) is 15.9 Å². The number of rotatable bonds is 6. The number of benzene rings is 1. The average molecular weight is 481 g/mol. The third kappa shape index (κ3) is 3.88. The molecule has 2 N–H and O–H groups in total. The topological polar surface area (TPSA) is 74.3 Å². The zero-order valence-electron chi connectivity index (χ0n) is 16.1. The third-order valence-electron chi connectivity index (χ3n) is 5.80. The summed E-state index contributed by atoms with van der Waals surface area (Å²) in [4.78, 5) is 5.06. The van der Waals surface area contributed by atoms with E-state index in [0.29, 0.717) is 6.42 Å². The van der Waals surface area contributed by atoms with E-state index in [1.54, 1.807) is 5.38 Å². The molecule has 2 aromatic rings. The predicted molar refractivity (Wildman–Crippen MR) is 110 cm³/mol. The highest BCUT2D eigenvalue weighted by molar-refractivity contribution is 7.93. The van der Waals surface area contributed by atoms with Gasteiger partial charge in [-0.3, -0.25) is 4.72 Å². The average Bonchev–Trinajstić information content (AvgIpc) is 2.97. The summed E-state index contributed by atoms with van der Waals surface area (Å²) < 4.78 is 69.7. The van der Waals surface area contributed by atoms with E-state index in [2.05, 4.69) is 15.0 Å². The van der Waals surface area contributed by atoms with E-state index in [4.69, 9.17) is 11.6 Å². The summed E-state index contributed by atoms with van der Waals surface area (Å²) in [5.41, 5.74) is 0.168. The Hall–Kier alpha value is -1.56. The van der Waals surface area contributed by atoms with Crippen molar-refractivity contribution >= 4 is 43.8 Å². The second-order valence-corrected chi connectivity index (χ2v) is 10.8. The number of alkyl halides is 2. The lowest BCUT2D eigenvalue weighted by Gasteiger charge is -2.36. The molecule has 2 saturated carbocycles. The molecule has 1 aromatic carbocycles. The van der Waals surface area contributed by atoms with Crippen LogP contribution in [-0.4, -0.2) is 50.4 Å². The molecule has 1 heterocycles. The van der Waals surface area contributed by atoms with Gasteiger partial charge in [0.05, 0.1) is 10.7 Å². The minimum absolute atomic E-state index is 0.0156. The SMILES string of the molecule is CN(C)[C@H]1C[C@H]2[C@@H](C[C@@H]1Nc1cc(F)c(S(=O)(=O)Nc3nccs3)cc1Cl)C2(F)F. The standard InChI is InChI=1S/C18H20ClF3N4O2S2/c1-26(2)15-6-10-9(18(10,21)22)5-14(15)24-13-8-12(20)16(7-11(13)19)30(27,28)25-17-23-3-4-29-17/h3-4,7-10,14-15,24H,5-6H2,1-2H3,(H,23,25)/t9-,10+,14+,15+/m1/s1. The van der Waals surface area contributed by atoms with Crippen LogP contribution in [0.2, 0.25) is 5.02 Å². The molecule has 4 atom stereocenters. The summed E-state index contributed by atoms with van der Waals surface area (Å²) >= 11 is 7.30. The smallest absolute Gasteiger partial charge is 0.266 e. The fraction of sp³-hybridized carbons (Fsp3) is 0.500. The Morgan fingerprint density at radius 1 is 1.27 bits per heavy atom. The summed E-state index contributed by atoms with van der Waals surface area (Å²) in [5.74, 6) is -4.99. The van der Waals surface area contributed by atoms with Crippen molar-refractivity contribution < 1.29 is 21.6 Å². The molecule has 0 amide bonds. The maximum Gasteiger partial charge on any atom is 0.266 e. The van der Waals surface area contributed by atoms with Crippen LogP contribution in [0.1, 0.15) is 12.8 Å². The molecule has 0 bridgehead atoms. The van der Waals surface area contributed by atoms with E-state index in [1.165, 1.54) is 6.20 Å². The molecule has 6 nitrogen and oxygen atoms in total. The normalized spacial score (nSPS) is 27.6. The summed E-state index contributed by atoms with van der Waals surface area (Å²) in [7, 11) is -0.609. The molecule has 164 valence electrons. The zero-order valence-corrected chi connectivity index (χ0v) is 18.5. The molecule has 2 aliphatic carbocycles. The molecule has 1 aromatic heterocycles. The molecule has 12 heteroatoms. The van der Waals surface area contributed by atoms with Crippen molar-refractivity contribution in [2.75, 3.05) is 24.1 Å². The zero-order chi connectivity index (χ0) is 21.8. The van der Waals surface area contributed by atoms with Crippen molar-refractivity contribution in [3.8, 4) is 0 Å². The number of aromatic nitrogens is 1. The number of hydrogen-bond acceptors (Lipinski definition) is 6. The molecule has 0 spiro atoms. The van der Waals surface area contributed by atoms with Gasteiger partial charge in [-0.05, 0) is 39.1 Å². The van der Waals surface area contributed by atoms with E-state index in [0.717, 1.165) is 23.5 Å². The van der Waals surface area contributed by atoms with Gasteiger partial charge in [0.15, 0.2) is 5.13 Å². The molecule has 30 heavy (non-hydrogen) atoms. The molecule has 0 saturated heterocycles. The van der Waals surface area contributed by atoms with Crippen LogP contribution >= 0.6 is 22.9 Å². The Balaban J connectivity index is 1.57. The molecule has 0 aliphatic heterocycles. The van der Waals surface area contributed by atoms with Crippen molar-refractivity contribution in [2.45, 2.75) is 35.7 Å². The fourth-order valence-electron chi connectivity index (χ4n) is 4.17. The number of anilines is 2. The summed E-state index contributed by atoms with van der Waals surface area (Å²) in [6, 6.07) is 1.44. The number of hydrogen-bond donors (Lipinski definition) is 2. The number of thiazole rings is 1. The quantitative estimate of drug-likeness (QED) is 0.650. The minimum atomic E-state index is -4.22. The maximum atomic E-state index is 14.7. The van der Waals surface area contributed by atoms with Crippen molar-refractivity contribution in [1.29, 1.82) is 0 Å². The summed E-state index contributed by atoms with van der Waals surface area (Å²) in [6.07, 6.45) is 1.97. The second kappa shape index (κ2) is 7.54. The van der Waals surface area contributed by atoms with Crippen LogP contribution in [0.4, 0.5) is 24.0 Å². The van der Waals surface area contributed by atoms with Crippen LogP contribution in [0.3, 0.4) is 0 Å². The fourth-order valence-corrected chi connectivity index (χ4v) is 6.33. The molecule has 2 aliphatic rings. The number of nitrogens with one attached hydrogen (secondary N) is 2. The summed E-state index contributed by atoms with van der Waals surface area (Å²) in [5, 5.41) is 4.73. The first-order valence-corrected chi connectivity index (χ1v) is 12.0. The molecule has 2 fully saturated rings. The van der Waals surface area contributed by atoms with Crippen molar-refractivity contribution in [2.24, 2.45) is 11.8 Å². The van der Waals surface area contributed by atoms with Crippen LogP contribution in [0.25, 0.3) is 0 Å². The van der Waals surface area contributed by atoms with Crippen LogP contribution in [0.5, 0.6) is 0 Å². The van der Waals surface area contributed by atoms with E-state index >= 15 is 0 Å². The monoisotopic (exact) mass is 480 g/mol. The van der Waals surface area contributed by atoms with E-state index in [-0.39, 0.29) is 34.3 Å². The molecular formula is C18H20ClF3N4O2S2. The van der Waals surface area contributed by atoms with E-state index in [1.807, 2.05) is 19.0 Å². The Morgan fingerprint density at radius 2 is 1.97 bits per heavy atom. The number of likely N-dealkylation sites (N-methyl/N-ethyl adjacent to an activating group) is 1. The van der Waals surface area contributed by atoms with Crippen LogP contribution in [0.15, 0.2) is 28.6 Å². The van der Waals surface area contributed by atoms with Gasteiger partial charge in [-0.1, -0.05) is 11.6 Å². The molecular weight excluding hydrogens is 461 g/mol. The summed E-state index contributed by atoms with van der Waals surface area (Å²) in [6.45, 7) is 0. The van der Waals surface area contributed by atoms with Crippen LogP contribution < -0.4 is 10.0 Å². The number of fused-ring (bicyclic) bond motifs is 1. The Labute approximate surface area is 181 Å². The van der Waals surface area contributed by atoms with Crippen LogP contribution in [0, 0.1) is 17.7 Å². The van der Waals surface area contributed by atoms with Gasteiger partial charge in [-0.15, -0.1) is 11.3 Å². The van der Waals surface area contributed by atoms with Crippen LogP contribution in [-0.2, 0) is 10.0 Å². The van der Waals surface area contributed by atoms with Crippen molar-refractivity contribution in [1.82, 2.24) is 9.88 Å². The Kier molecular flexibility index (Phi) is 5.44. The van der Waals surface area contributed by atoms with E-state index < -0.39 is 38.5 Å². The number of halogens is 4. The largest absolute Gasteiger partial charge is 0.379 e. The number of sulfonamides is 1. The first-order valence-electron chi connectivity index (χ1n) is 9.23. The van der Waals surface area contributed by atoms with Gasteiger partial charge in [0.1, 0.15) is 10.7 Å². The highest BCUT2D eigenvalue weighted by atomic mass is 35.5. The Morgan fingerprint density at radius 3 is 2.60 bits per heavy atom. The predicted octanol–water partition coefficient (Wildman–Crippen LogP) is 4.12. The van der Waals surface area contributed by atoms with Gasteiger partial charge in [-0.25, -0.2) is 26.6 Å². The van der Waals surface area contributed by atoms with Crippen molar-refractivity contribution in [3.63, 3.8) is 0 Å². The van der Waals surface area contributed by atoms with E-state index in [9.17, 15) is 21.6 Å². The first kappa shape index (κ1) is 21.7. The molecule has 0 unspecified atom stereocenters. The lowest BCUT2D eigenvalue weighted by Crippen LogP contribution is -2.46. The lowest BCUT2D eigenvalue weighted by atomic mass is 9.89. The lowest BCUT2D eigenvalue weighted by molar-refractivity contribution is 0.0837. The van der Waals surface area contributed by atoms with Gasteiger partial charge >= 0.3 is 0 Å². The van der Waals surface area contributed by atoms with Crippen molar-refractivity contribution in [3.05, 3.63) is 34.5 Å². The van der Waals surface area contributed by atoms with Gasteiger partial charge in [0.2, 0.25) is 0 Å². The Bertz CT molecular complexity index is 1050. The van der Waals surface area contributed by atoms with Gasteiger partial charge in [0, 0.05) is 35.5 Å². The highest BCUT2D eigenvalue weighted by Gasteiger charge is 2.70. The third-order valence-corrected chi connectivity index (χ3v) is 8.29. The molecule has 0 radical (unpaired) electrons. The van der Waals surface area contributed by atoms with Gasteiger partial charge < -0.3 is 10.2 Å². The molecule has 4 rings (SSSR count). The minimum Gasteiger partial charge on any atom is -0.379 e. The second-order valence-electron chi connectivity index (χ2n) is 7.85. The maximum absolute atomic E-state index is 14.7. The highest BCUT2D eigenvalue weighted by Crippen LogP contribution is 2.62.